The van der Waals surface area contributed by atoms with Gasteiger partial charge in [-0.1, -0.05) is 17.7 Å². The van der Waals surface area contributed by atoms with Crippen molar-refractivity contribution < 1.29 is 9.50 Å². The summed E-state index contributed by atoms with van der Waals surface area (Å²) in [6.45, 7) is 3.72. The number of aliphatic hydroxyl groups is 1. The third-order valence-electron chi connectivity index (χ3n) is 3.20. The van der Waals surface area contributed by atoms with Gasteiger partial charge in [0.1, 0.15) is 5.82 Å². The molecule has 0 radical (unpaired) electrons. The lowest BCUT2D eigenvalue weighted by molar-refractivity contribution is -0.0184. The largest absolute Gasteiger partial charge is 0.389 e. The summed E-state index contributed by atoms with van der Waals surface area (Å²) in [5.74, 6) is -0.275. The Morgan fingerprint density at radius 1 is 1.53 bits per heavy atom. The molecule has 0 amide bonds. The van der Waals surface area contributed by atoms with Crippen molar-refractivity contribution in [3.8, 4) is 0 Å². The number of hydrogen-bond acceptors (Lipinski definition) is 2. The topological polar surface area (TPSA) is 23.5 Å². The van der Waals surface area contributed by atoms with Crippen LogP contribution in [0.25, 0.3) is 0 Å². The standard InChI is InChI=1S/C13H17ClFNO/c1-13(17)6-3-7-16(9-13)8-10-11(14)4-2-5-12(10)15/h2,4-5,17H,3,6-9H2,1H3. The number of rotatable bonds is 2. The first kappa shape index (κ1) is 12.8. The minimum absolute atomic E-state index is 0.275. The Labute approximate surface area is 106 Å². The molecule has 1 aliphatic rings. The highest BCUT2D eigenvalue weighted by atomic mass is 35.5. The van der Waals surface area contributed by atoms with Gasteiger partial charge in [-0.2, -0.15) is 0 Å². The number of hydrogen-bond donors (Lipinski definition) is 1. The lowest BCUT2D eigenvalue weighted by Gasteiger charge is -2.37. The van der Waals surface area contributed by atoms with Gasteiger partial charge in [-0.25, -0.2) is 4.39 Å². The van der Waals surface area contributed by atoms with E-state index in [0.717, 1.165) is 19.4 Å². The highest BCUT2D eigenvalue weighted by Crippen LogP contribution is 2.25. The maximum Gasteiger partial charge on any atom is 0.129 e. The lowest BCUT2D eigenvalue weighted by Crippen LogP contribution is -2.45. The molecule has 0 saturated carbocycles. The molecule has 0 spiro atoms. The monoisotopic (exact) mass is 257 g/mol. The average molecular weight is 258 g/mol. The van der Waals surface area contributed by atoms with E-state index in [1.165, 1.54) is 6.07 Å². The second kappa shape index (κ2) is 4.92. The molecule has 0 bridgehead atoms. The van der Waals surface area contributed by atoms with Crippen molar-refractivity contribution >= 4 is 11.6 Å². The predicted molar refractivity (Wildman–Crippen MR) is 66.5 cm³/mol. The van der Waals surface area contributed by atoms with Crippen LogP contribution in [0.3, 0.4) is 0 Å². The van der Waals surface area contributed by atoms with E-state index in [4.69, 9.17) is 11.6 Å². The van der Waals surface area contributed by atoms with Crippen molar-refractivity contribution in [1.29, 1.82) is 0 Å². The molecular weight excluding hydrogens is 241 g/mol. The fraction of sp³-hybridized carbons (Fsp3) is 0.538. The van der Waals surface area contributed by atoms with Gasteiger partial charge in [-0.05, 0) is 38.4 Å². The molecule has 0 aromatic heterocycles. The Kier molecular flexibility index (Phi) is 3.71. The number of halogens is 2. The molecule has 1 unspecified atom stereocenters. The Morgan fingerprint density at radius 2 is 2.29 bits per heavy atom. The fourth-order valence-electron chi connectivity index (χ4n) is 2.37. The van der Waals surface area contributed by atoms with Gasteiger partial charge < -0.3 is 5.11 Å². The molecule has 2 nitrogen and oxygen atoms in total. The quantitative estimate of drug-likeness (QED) is 0.881. The zero-order chi connectivity index (χ0) is 12.5. The molecular formula is C13H17ClFNO. The second-order valence-electron chi connectivity index (χ2n) is 5.01. The molecule has 1 aliphatic heterocycles. The number of β-amino-alcohol motifs (C(OH)–C–C–N with tert-alkyl or cyclic N) is 1. The van der Waals surface area contributed by atoms with Crippen molar-refractivity contribution in [3.05, 3.63) is 34.6 Å². The van der Waals surface area contributed by atoms with Crippen LogP contribution in [0.1, 0.15) is 25.3 Å². The Balaban J connectivity index is 2.10. The summed E-state index contributed by atoms with van der Waals surface area (Å²) >= 11 is 5.99. The smallest absolute Gasteiger partial charge is 0.129 e. The molecule has 1 saturated heterocycles. The summed E-state index contributed by atoms with van der Waals surface area (Å²) in [5.41, 5.74) is -0.150. The molecule has 94 valence electrons. The van der Waals surface area contributed by atoms with E-state index < -0.39 is 5.60 Å². The van der Waals surface area contributed by atoms with Crippen LogP contribution in [0.4, 0.5) is 4.39 Å². The first-order valence-electron chi connectivity index (χ1n) is 5.85. The molecule has 17 heavy (non-hydrogen) atoms. The zero-order valence-corrected chi connectivity index (χ0v) is 10.7. The molecule has 0 aliphatic carbocycles. The van der Waals surface area contributed by atoms with Gasteiger partial charge in [0.2, 0.25) is 0 Å². The maximum atomic E-state index is 13.6. The first-order valence-corrected chi connectivity index (χ1v) is 6.23. The van der Waals surface area contributed by atoms with Gasteiger partial charge >= 0.3 is 0 Å². The third kappa shape index (κ3) is 3.18. The van der Waals surface area contributed by atoms with E-state index in [1.807, 2.05) is 11.8 Å². The maximum absolute atomic E-state index is 13.6. The van der Waals surface area contributed by atoms with E-state index in [9.17, 15) is 9.50 Å². The van der Waals surface area contributed by atoms with E-state index >= 15 is 0 Å². The summed E-state index contributed by atoms with van der Waals surface area (Å²) in [6, 6.07) is 4.72. The van der Waals surface area contributed by atoms with Crippen LogP contribution < -0.4 is 0 Å². The molecule has 1 fully saturated rings. The van der Waals surface area contributed by atoms with Crippen LogP contribution in [-0.2, 0) is 6.54 Å². The van der Waals surface area contributed by atoms with Crippen LogP contribution in [0.2, 0.25) is 5.02 Å². The van der Waals surface area contributed by atoms with Crippen molar-refractivity contribution in [1.82, 2.24) is 4.90 Å². The SMILES string of the molecule is CC1(O)CCCN(Cc2c(F)cccc2Cl)C1. The van der Waals surface area contributed by atoms with Gasteiger partial charge in [0.25, 0.3) is 0 Å². The summed E-state index contributed by atoms with van der Waals surface area (Å²) in [4.78, 5) is 2.05. The third-order valence-corrected chi connectivity index (χ3v) is 3.55. The van der Waals surface area contributed by atoms with E-state index in [1.54, 1.807) is 12.1 Å². The van der Waals surface area contributed by atoms with Gasteiger partial charge in [0, 0.05) is 23.7 Å². The second-order valence-corrected chi connectivity index (χ2v) is 5.42. The average Bonchev–Trinajstić information content (AvgIpc) is 2.22. The summed E-state index contributed by atoms with van der Waals surface area (Å²) in [7, 11) is 0. The molecule has 1 atom stereocenters. The molecule has 2 rings (SSSR count). The number of piperidine rings is 1. The molecule has 1 N–H and O–H groups in total. The fourth-order valence-corrected chi connectivity index (χ4v) is 2.59. The highest BCUT2D eigenvalue weighted by molar-refractivity contribution is 6.31. The van der Waals surface area contributed by atoms with Gasteiger partial charge in [-0.3, -0.25) is 4.90 Å². The van der Waals surface area contributed by atoms with E-state index in [0.29, 0.717) is 23.7 Å². The zero-order valence-electron chi connectivity index (χ0n) is 9.92. The Hall–Kier alpha value is -0.640. The molecule has 1 aromatic rings. The van der Waals surface area contributed by atoms with Crippen LogP contribution in [0, 0.1) is 5.82 Å². The minimum atomic E-state index is -0.671. The van der Waals surface area contributed by atoms with Gasteiger partial charge in [-0.15, -0.1) is 0 Å². The van der Waals surface area contributed by atoms with Crippen molar-refractivity contribution in [3.63, 3.8) is 0 Å². The molecule has 4 heteroatoms. The van der Waals surface area contributed by atoms with Crippen molar-refractivity contribution in [2.75, 3.05) is 13.1 Å². The summed E-state index contributed by atoms with van der Waals surface area (Å²) < 4.78 is 13.6. The van der Waals surface area contributed by atoms with E-state index in [2.05, 4.69) is 0 Å². The van der Waals surface area contributed by atoms with Crippen LogP contribution in [0.5, 0.6) is 0 Å². The van der Waals surface area contributed by atoms with Crippen LogP contribution in [0.15, 0.2) is 18.2 Å². The number of nitrogens with zero attached hydrogens (tertiary/aromatic N) is 1. The summed E-state index contributed by atoms with van der Waals surface area (Å²) in [6.07, 6.45) is 1.73. The van der Waals surface area contributed by atoms with Crippen molar-refractivity contribution in [2.24, 2.45) is 0 Å². The number of likely N-dealkylation sites (tertiary alicyclic amines) is 1. The van der Waals surface area contributed by atoms with Crippen LogP contribution >= 0.6 is 11.6 Å². The lowest BCUT2D eigenvalue weighted by atomic mass is 9.95. The molecule has 1 heterocycles. The molecule has 1 aromatic carbocycles. The normalized spacial score (nSPS) is 26.1. The first-order chi connectivity index (χ1) is 7.98. The van der Waals surface area contributed by atoms with Gasteiger partial charge in [0.15, 0.2) is 0 Å². The van der Waals surface area contributed by atoms with Gasteiger partial charge in [0.05, 0.1) is 5.60 Å². The van der Waals surface area contributed by atoms with Crippen molar-refractivity contribution in [2.45, 2.75) is 31.9 Å². The summed E-state index contributed by atoms with van der Waals surface area (Å²) in [5, 5.41) is 10.4. The van der Waals surface area contributed by atoms with Crippen LogP contribution in [-0.4, -0.2) is 28.7 Å². The highest BCUT2D eigenvalue weighted by Gasteiger charge is 2.28. The predicted octanol–water partition coefficient (Wildman–Crippen LogP) is 2.83. The Bertz CT molecular complexity index is 388. The Morgan fingerprint density at radius 3 is 2.94 bits per heavy atom. The van der Waals surface area contributed by atoms with E-state index in [-0.39, 0.29) is 5.82 Å². The number of benzene rings is 1. The minimum Gasteiger partial charge on any atom is -0.389 e.